The van der Waals surface area contributed by atoms with Gasteiger partial charge in [0, 0.05) is 19.2 Å². The first-order valence-corrected chi connectivity index (χ1v) is 7.40. The zero-order valence-electron chi connectivity index (χ0n) is 10.7. The zero-order valence-corrected chi connectivity index (χ0v) is 13.0. The minimum atomic E-state index is -0.0805. The number of carbonyl (C=O) groups is 1. The van der Waals surface area contributed by atoms with Crippen LogP contribution in [0.1, 0.15) is 6.42 Å². The molecule has 0 aliphatic carbocycles. The molecule has 0 bridgehead atoms. The van der Waals surface area contributed by atoms with E-state index in [9.17, 15) is 4.79 Å². The topological polar surface area (TPSA) is 55.6 Å². The molecule has 0 spiro atoms. The molecular weight excluding hydrogens is 323 g/mol. The van der Waals surface area contributed by atoms with E-state index in [1.165, 1.54) is 12.1 Å². The summed E-state index contributed by atoms with van der Waals surface area (Å²) in [5, 5.41) is 1.01. The molecular formula is C13H15Cl3N2O2. The van der Waals surface area contributed by atoms with Crippen molar-refractivity contribution in [1.29, 1.82) is 0 Å². The van der Waals surface area contributed by atoms with Gasteiger partial charge in [0.25, 0.3) is 5.91 Å². The minimum Gasteiger partial charge on any atom is -0.482 e. The lowest BCUT2D eigenvalue weighted by atomic mass is 10.1. The molecule has 1 heterocycles. The number of rotatable bonds is 4. The first kappa shape index (κ1) is 15.7. The summed E-state index contributed by atoms with van der Waals surface area (Å²) >= 11 is 17.7. The number of halogens is 3. The molecule has 1 unspecified atom stereocenters. The van der Waals surface area contributed by atoms with Crippen molar-refractivity contribution in [2.24, 2.45) is 11.7 Å². The Morgan fingerprint density at radius 3 is 2.65 bits per heavy atom. The molecule has 1 aromatic carbocycles. The highest BCUT2D eigenvalue weighted by molar-refractivity contribution is 6.43. The fourth-order valence-electron chi connectivity index (χ4n) is 2.10. The zero-order chi connectivity index (χ0) is 14.7. The van der Waals surface area contributed by atoms with E-state index in [0.29, 0.717) is 39.8 Å². The molecule has 1 aliphatic heterocycles. The van der Waals surface area contributed by atoms with Gasteiger partial charge in [-0.15, -0.1) is 0 Å². The number of hydrogen-bond acceptors (Lipinski definition) is 3. The highest BCUT2D eigenvalue weighted by Gasteiger charge is 2.25. The highest BCUT2D eigenvalue weighted by atomic mass is 35.5. The van der Waals surface area contributed by atoms with E-state index in [2.05, 4.69) is 0 Å². The molecule has 0 aromatic heterocycles. The lowest BCUT2D eigenvalue weighted by Crippen LogP contribution is -2.33. The van der Waals surface area contributed by atoms with Crippen LogP contribution in [0.2, 0.25) is 15.1 Å². The van der Waals surface area contributed by atoms with Crippen LogP contribution in [0, 0.1) is 5.92 Å². The van der Waals surface area contributed by atoms with Crippen molar-refractivity contribution in [3.8, 4) is 5.75 Å². The number of amides is 1. The van der Waals surface area contributed by atoms with Crippen molar-refractivity contribution >= 4 is 40.7 Å². The van der Waals surface area contributed by atoms with Crippen LogP contribution in [0.4, 0.5) is 0 Å². The SMILES string of the molecule is NCC1CCN(C(=O)COc2cc(Cl)c(Cl)cc2Cl)C1. The molecule has 110 valence electrons. The minimum absolute atomic E-state index is 0.0744. The second-order valence-corrected chi connectivity index (χ2v) is 5.94. The molecule has 0 saturated carbocycles. The van der Waals surface area contributed by atoms with E-state index in [1.807, 2.05) is 0 Å². The van der Waals surface area contributed by atoms with Gasteiger partial charge in [-0.25, -0.2) is 0 Å². The summed E-state index contributed by atoms with van der Waals surface area (Å²) in [7, 11) is 0. The Morgan fingerprint density at radius 2 is 2.00 bits per heavy atom. The molecule has 1 aliphatic rings. The molecule has 1 amide bonds. The van der Waals surface area contributed by atoms with Gasteiger partial charge in [0.05, 0.1) is 15.1 Å². The van der Waals surface area contributed by atoms with Crippen molar-refractivity contribution in [3.05, 3.63) is 27.2 Å². The van der Waals surface area contributed by atoms with Crippen molar-refractivity contribution in [1.82, 2.24) is 4.90 Å². The van der Waals surface area contributed by atoms with Gasteiger partial charge in [-0.1, -0.05) is 34.8 Å². The fraction of sp³-hybridized carbons (Fsp3) is 0.462. The van der Waals surface area contributed by atoms with Crippen LogP contribution in [0.25, 0.3) is 0 Å². The van der Waals surface area contributed by atoms with Crippen molar-refractivity contribution in [2.75, 3.05) is 26.2 Å². The fourth-order valence-corrected chi connectivity index (χ4v) is 2.69. The Bertz CT molecular complexity index is 511. The highest BCUT2D eigenvalue weighted by Crippen LogP contribution is 2.33. The Hall–Kier alpha value is -0.680. The van der Waals surface area contributed by atoms with Crippen LogP contribution in [-0.4, -0.2) is 37.0 Å². The van der Waals surface area contributed by atoms with E-state index in [0.717, 1.165) is 13.0 Å². The summed E-state index contributed by atoms with van der Waals surface area (Å²) in [6, 6.07) is 3.00. The van der Waals surface area contributed by atoms with Crippen molar-refractivity contribution < 1.29 is 9.53 Å². The van der Waals surface area contributed by atoms with Crippen LogP contribution in [-0.2, 0) is 4.79 Å². The van der Waals surface area contributed by atoms with Gasteiger partial charge >= 0.3 is 0 Å². The average Bonchev–Trinajstić information content (AvgIpc) is 2.90. The van der Waals surface area contributed by atoms with E-state index >= 15 is 0 Å². The maximum absolute atomic E-state index is 12.0. The van der Waals surface area contributed by atoms with Crippen LogP contribution < -0.4 is 10.5 Å². The van der Waals surface area contributed by atoms with Crippen LogP contribution in [0.15, 0.2) is 12.1 Å². The maximum Gasteiger partial charge on any atom is 0.260 e. The van der Waals surface area contributed by atoms with Crippen molar-refractivity contribution in [3.63, 3.8) is 0 Å². The predicted molar refractivity (Wildman–Crippen MR) is 80.7 cm³/mol. The summed E-state index contributed by atoms with van der Waals surface area (Å²) < 4.78 is 5.42. The molecule has 7 heteroatoms. The molecule has 1 aromatic rings. The molecule has 20 heavy (non-hydrogen) atoms. The van der Waals surface area contributed by atoms with E-state index in [1.54, 1.807) is 4.90 Å². The molecule has 2 rings (SSSR count). The number of hydrogen-bond donors (Lipinski definition) is 1. The van der Waals surface area contributed by atoms with Gasteiger partial charge in [-0.2, -0.15) is 0 Å². The molecule has 1 atom stereocenters. The number of benzene rings is 1. The van der Waals surface area contributed by atoms with E-state index in [-0.39, 0.29) is 12.5 Å². The lowest BCUT2D eigenvalue weighted by Gasteiger charge is -2.17. The number of carbonyl (C=O) groups excluding carboxylic acids is 1. The maximum atomic E-state index is 12.0. The number of nitrogens with zero attached hydrogens (tertiary/aromatic N) is 1. The van der Waals surface area contributed by atoms with Gasteiger partial charge in [0.15, 0.2) is 6.61 Å². The summed E-state index contributed by atoms with van der Waals surface area (Å²) in [6.07, 6.45) is 0.940. The first-order chi connectivity index (χ1) is 9.51. The summed E-state index contributed by atoms with van der Waals surface area (Å²) in [5.41, 5.74) is 5.60. The van der Waals surface area contributed by atoms with Gasteiger partial charge in [-0.3, -0.25) is 4.79 Å². The first-order valence-electron chi connectivity index (χ1n) is 6.26. The van der Waals surface area contributed by atoms with Crippen LogP contribution in [0.5, 0.6) is 5.75 Å². The Morgan fingerprint density at radius 1 is 1.30 bits per heavy atom. The van der Waals surface area contributed by atoms with Crippen LogP contribution >= 0.6 is 34.8 Å². The quantitative estimate of drug-likeness (QED) is 0.860. The number of ether oxygens (including phenoxy) is 1. The summed E-state index contributed by atoms with van der Waals surface area (Å²) in [6.45, 7) is 1.94. The molecule has 0 radical (unpaired) electrons. The van der Waals surface area contributed by atoms with Gasteiger partial charge in [0.1, 0.15) is 5.75 Å². The van der Waals surface area contributed by atoms with Crippen molar-refractivity contribution in [2.45, 2.75) is 6.42 Å². The summed E-state index contributed by atoms with van der Waals surface area (Å²) in [5.74, 6) is 0.652. The van der Waals surface area contributed by atoms with Gasteiger partial charge in [0.2, 0.25) is 0 Å². The lowest BCUT2D eigenvalue weighted by molar-refractivity contribution is -0.132. The van der Waals surface area contributed by atoms with Gasteiger partial charge < -0.3 is 15.4 Å². The number of nitrogens with two attached hydrogens (primary N) is 1. The largest absolute Gasteiger partial charge is 0.482 e. The van der Waals surface area contributed by atoms with Gasteiger partial charge in [-0.05, 0) is 24.9 Å². The third-order valence-corrected chi connectivity index (χ3v) is 4.32. The molecule has 1 saturated heterocycles. The molecule has 2 N–H and O–H groups in total. The normalized spacial score (nSPS) is 18.4. The summed E-state index contributed by atoms with van der Waals surface area (Å²) in [4.78, 5) is 13.8. The Kier molecular flexibility index (Phi) is 5.38. The monoisotopic (exact) mass is 336 g/mol. The Labute approximate surface area is 132 Å². The molecule has 1 fully saturated rings. The third-order valence-electron chi connectivity index (χ3n) is 3.30. The standard InChI is InChI=1S/C13H15Cl3N2O2/c14-9-3-11(16)12(4-10(9)15)20-7-13(19)18-2-1-8(5-17)6-18/h3-4,8H,1-2,5-7,17H2. The average molecular weight is 338 g/mol. The molecule has 4 nitrogen and oxygen atoms in total. The third kappa shape index (κ3) is 3.70. The number of likely N-dealkylation sites (tertiary alicyclic amines) is 1. The second-order valence-electron chi connectivity index (χ2n) is 4.72. The Balaban J connectivity index is 1.92. The van der Waals surface area contributed by atoms with E-state index < -0.39 is 0 Å². The van der Waals surface area contributed by atoms with E-state index in [4.69, 9.17) is 45.3 Å². The van der Waals surface area contributed by atoms with Crippen LogP contribution in [0.3, 0.4) is 0 Å². The smallest absolute Gasteiger partial charge is 0.260 e. The predicted octanol–water partition coefficient (Wildman–Crippen LogP) is 2.83. The second kappa shape index (κ2) is 6.85.